The highest BCUT2D eigenvalue weighted by molar-refractivity contribution is 7.22. The summed E-state index contributed by atoms with van der Waals surface area (Å²) in [5, 5.41) is 0.431. The molecule has 0 N–H and O–H groups in total. The maximum atomic E-state index is 13.3. The van der Waals surface area contributed by atoms with Gasteiger partial charge >= 0.3 is 6.36 Å². The molecule has 168 valence electrons. The van der Waals surface area contributed by atoms with Crippen molar-refractivity contribution in [2.24, 2.45) is 0 Å². The third-order valence-electron chi connectivity index (χ3n) is 4.44. The number of hydrogen-bond acceptors (Lipinski definition) is 5. The van der Waals surface area contributed by atoms with Gasteiger partial charge in [0.25, 0.3) is 5.91 Å². The second-order valence-electron chi connectivity index (χ2n) is 7.25. The maximum absolute atomic E-state index is 13.3. The van der Waals surface area contributed by atoms with E-state index in [1.807, 2.05) is 45.0 Å². The molecule has 3 aromatic rings. The lowest BCUT2D eigenvalue weighted by atomic mass is 10.0. The van der Waals surface area contributed by atoms with Gasteiger partial charge in [0.2, 0.25) is 0 Å². The Balaban J connectivity index is 0.00000341. The topological polar surface area (TPSA) is 45.7 Å². The van der Waals surface area contributed by atoms with Gasteiger partial charge in [-0.3, -0.25) is 9.69 Å². The van der Waals surface area contributed by atoms with Crippen molar-refractivity contribution in [1.29, 1.82) is 0 Å². The highest BCUT2D eigenvalue weighted by Crippen LogP contribution is 2.34. The molecular formula is C21H23ClF3N3O2S. The molecule has 31 heavy (non-hydrogen) atoms. The summed E-state index contributed by atoms with van der Waals surface area (Å²) in [6.07, 6.45) is -4.77. The molecule has 0 aliphatic heterocycles. The van der Waals surface area contributed by atoms with Gasteiger partial charge in [0.15, 0.2) is 5.13 Å². The Morgan fingerprint density at radius 1 is 1.10 bits per heavy atom. The van der Waals surface area contributed by atoms with Crippen LogP contribution in [-0.2, 0) is 0 Å². The molecule has 5 nitrogen and oxygen atoms in total. The number of likely N-dealkylation sites (N-methyl/N-ethyl adjacent to an activating group) is 1. The standard InChI is InChI=1S/C21H22F3N3O2S.ClH/c1-13-5-7-16(14(2)11-13)19(28)27(10-9-26(3)4)20-25-17-8-6-15(12-18(17)30-20)29-21(22,23)24;/h5-8,11-12H,9-10H2,1-4H3;1H. The van der Waals surface area contributed by atoms with Gasteiger partial charge < -0.3 is 9.64 Å². The van der Waals surface area contributed by atoms with Gasteiger partial charge in [-0.1, -0.05) is 29.0 Å². The fourth-order valence-electron chi connectivity index (χ4n) is 2.99. The van der Waals surface area contributed by atoms with Crippen molar-refractivity contribution in [2.45, 2.75) is 20.2 Å². The molecule has 0 fully saturated rings. The number of nitrogens with zero attached hydrogens (tertiary/aromatic N) is 3. The summed E-state index contributed by atoms with van der Waals surface area (Å²) >= 11 is 1.16. The number of carbonyl (C=O) groups is 1. The van der Waals surface area contributed by atoms with Gasteiger partial charge in [-0.2, -0.15) is 0 Å². The number of aromatic nitrogens is 1. The average Bonchev–Trinajstić information content (AvgIpc) is 3.02. The number of halogens is 4. The van der Waals surface area contributed by atoms with Crippen LogP contribution in [0.1, 0.15) is 21.5 Å². The Morgan fingerprint density at radius 2 is 1.81 bits per heavy atom. The lowest BCUT2D eigenvalue weighted by Crippen LogP contribution is -2.37. The van der Waals surface area contributed by atoms with Crippen LogP contribution in [0.2, 0.25) is 0 Å². The summed E-state index contributed by atoms with van der Waals surface area (Å²) in [5.41, 5.74) is 2.99. The summed E-state index contributed by atoms with van der Waals surface area (Å²) in [7, 11) is 3.80. The number of alkyl halides is 3. The number of benzene rings is 2. The van der Waals surface area contributed by atoms with Gasteiger partial charge in [0.05, 0.1) is 10.2 Å². The van der Waals surface area contributed by atoms with Crippen molar-refractivity contribution in [3.63, 3.8) is 0 Å². The quantitative estimate of drug-likeness (QED) is 0.478. The Kier molecular flexibility index (Phi) is 7.91. The number of anilines is 1. The molecule has 10 heteroatoms. The monoisotopic (exact) mass is 473 g/mol. The van der Waals surface area contributed by atoms with E-state index in [9.17, 15) is 18.0 Å². The van der Waals surface area contributed by atoms with Crippen LogP contribution < -0.4 is 9.64 Å². The first-order valence-corrected chi connectivity index (χ1v) is 10.1. The molecule has 0 bridgehead atoms. The SMILES string of the molecule is Cc1ccc(C(=O)N(CCN(C)C)c2nc3ccc(OC(F)(F)F)cc3s2)c(C)c1.Cl. The van der Waals surface area contributed by atoms with Crippen molar-refractivity contribution in [1.82, 2.24) is 9.88 Å². The molecule has 1 aromatic heterocycles. The molecule has 0 aliphatic carbocycles. The molecule has 0 saturated carbocycles. The first kappa shape index (κ1) is 24.9. The molecule has 2 aromatic carbocycles. The molecule has 0 spiro atoms. The van der Waals surface area contributed by atoms with Crippen molar-refractivity contribution >= 4 is 45.0 Å². The minimum atomic E-state index is -4.77. The summed E-state index contributed by atoms with van der Waals surface area (Å²) in [4.78, 5) is 21.3. The van der Waals surface area contributed by atoms with E-state index in [0.29, 0.717) is 34.0 Å². The van der Waals surface area contributed by atoms with Crippen molar-refractivity contribution in [3.05, 3.63) is 53.1 Å². The fourth-order valence-corrected chi connectivity index (χ4v) is 4.01. The minimum absolute atomic E-state index is 0. The van der Waals surface area contributed by atoms with Crippen molar-refractivity contribution < 1.29 is 22.7 Å². The molecule has 0 atom stereocenters. The third-order valence-corrected chi connectivity index (χ3v) is 5.48. The zero-order valence-corrected chi connectivity index (χ0v) is 19.1. The second kappa shape index (κ2) is 9.84. The Morgan fingerprint density at radius 3 is 2.42 bits per heavy atom. The smallest absolute Gasteiger partial charge is 0.406 e. The van der Waals surface area contributed by atoms with Crippen LogP contribution in [0.5, 0.6) is 5.75 Å². The van der Waals surface area contributed by atoms with Crippen LogP contribution in [0.15, 0.2) is 36.4 Å². The van der Waals surface area contributed by atoms with Crippen LogP contribution in [0.4, 0.5) is 18.3 Å². The molecule has 3 rings (SSSR count). The zero-order valence-electron chi connectivity index (χ0n) is 17.5. The second-order valence-corrected chi connectivity index (χ2v) is 8.26. The number of thiazole rings is 1. The fraction of sp³-hybridized carbons (Fsp3) is 0.333. The van der Waals surface area contributed by atoms with E-state index in [4.69, 9.17) is 0 Å². The van der Waals surface area contributed by atoms with Crippen LogP contribution in [0.3, 0.4) is 0 Å². The number of carbonyl (C=O) groups excluding carboxylic acids is 1. The number of fused-ring (bicyclic) bond motifs is 1. The highest BCUT2D eigenvalue weighted by Gasteiger charge is 2.31. The van der Waals surface area contributed by atoms with Gasteiger partial charge in [-0.15, -0.1) is 25.6 Å². The number of ether oxygens (including phenoxy) is 1. The molecule has 0 aliphatic rings. The van der Waals surface area contributed by atoms with Crippen LogP contribution in [-0.4, -0.2) is 49.3 Å². The van der Waals surface area contributed by atoms with E-state index in [-0.39, 0.29) is 24.1 Å². The Labute approximate surface area is 188 Å². The van der Waals surface area contributed by atoms with Crippen LogP contribution in [0, 0.1) is 13.8 Å². The van der Waals surface area contributed by atoms with E-state index in [0.717, 1.165) is 22.5 Å². The third kappa shape index (κ3) is 6.32. The van der Waals surface area contributed by atoms with Gasteiger partial charge in [0.1, 0.15) is 5.75 Å². The highest BCUT2D eigenvalue weighted by atomic mass is 35.5. The molecule has 1 heterocycles. The first-order valence-electron chi connectivity index (χ1n) is 9.23. The van der Waals surface area contributed by atoms with E-state index in [2.05, 4.69) is 9.72 Å². The van der Waals surface area contributed by atoms with Crippen molar-refractivity contribution in [2.75, 3.05) is 32.1 Å². The number of rotatable bonds is 6. The van der Waals surface area contributed by atoms with E-state index < -0.39 is 6.36 Å². The Bertz CT molecular complexity index is 1070. The van der Waals surface area contributed by atoms with Crippen molar-refractivity contribution in [3.8, 4) is 5.75 Å². The summed E-state index contributed by atoms with van der Waals surface area (Å²) in [5.74, 6) is -0.508. The number of aryl methyl sites for hydroxylation is 2. The lowest BCUT2D eigenvalue weighted by molar-refractivity contribution is -0.274. The summed E-state index contributed by atoms with van der Waals surface area (Å²) in [6.45, 7) is 4.84. The van der Waals surface area contributed by atoms with Crippen LogP contribution >= 0.6 is 23.7 Å². The predicted octanol–water partition coefficient (Wildman–Crippen LogP) is 5.44. The molecule has 1 amide bonds. The molecule has 0 unspecified atom stereocenters. The predicted molar refractivity (Wildman–Crippen MR) is 120 cm³/mol. The molecule has 0 saturated heterocycles. The van der Waals surface area contributed by atoms with E-state index in [1.54, 1.807) is 11.0 Å². The number of hydrogen-bond donors (Lipinski definition) is 0. The van der Waals surface area contributed by atoms with E-state index >= 15 is 0 Å². The normalized spacial score (nSPS) is 11.5. The molecular weight excluding hydrogens is 451 g/mol. The van der Waals surface area contributed by atoms with Gasteiger partial charge in [-0.05, 0) is 51.7 Å². The molecule has 0 radical (unpaired) electrons. The summed E-state index contributed by atoms with van der Waals surface area (Å²) < 4.78 is 42.1. The van der Waals surface area contributed by atoms with Crippen LogP contribution in [0.25, 0.3) is 10.2 Å². The van der Waals surface area contributed by atoms with Gasteiger partial charge in [-0.25, -0.2) is 4.98 Å². The lowest BCUT2D eigenvalue weighted by Gasteiger charge is -2.22. The average molecular weight is 474 g/mol. The summed E-state index contributed by atoms with van der Waals surface area (Å²) in [6, 6.07) is 9.57. The zero-order chi connectivity index (χ0) is 22.1. The Hall–Kier alpha value is -2.36. The largest absolute Gasteiger partial charge is 0.573 e. The van der Waals surface area contributed by atoms with E-state index in [1.165, 1.54) is 18.2 Å². The van der Waals surface area contributed by atoms with Gasteiger partial charge in [0, 0.05) is 24.7 Å². The minimum Gasteiger partial charge on any atom is -0.406 e. The maximum Gasteiger partial charge on any atom is 0.573 e. The number of amides is 1. The first-order chi connectivity index (χ1) is 14.0.